The first-order chi connectivity index (χ1) is 10.7. The lowest BCUT2D eigenvalue weighted by Gasteiger charge is -2.34. The quantitative estimate of drug-likeness (QED) is 0.386. The Hall–Kier alpha value is -0.810. The molecule has 1 heterocycles. The first-order valence-corrected chi connectivity index (χ1v) is 9.12. The van der Waals surface area contributed by atoms with Crippen molar-refractivity contribution in [1.82, 2.24) is 20.4 Å². The zero-order chi connectivity index (χ0) is 16.2. The van der Waals surface area contributed by atoms with Gasteiger partial charge in [-0.2, -0.15) is 0 Å². The lowest BCUT2D eigenvalue weighted by molar-refractivity contribution is 0.136. The molecule has 1 rings (SSSR count). The van der Waals surface area contributed by atoms with Gasteiger partial charge in [0, 0.05) is 45.8 Å². The predicted molar refractivity (Wildman–Crippen MR) is 96.6 cm³/mol. The molecule has 0 amide bonds. The van der Waals surface area contributed by atoms with Crippen molar-refractivity contribution in [2.24, 2.45) is 10.9 Å². The molecule has 0 radical (unpaired) electrons. The zero-order valence-corrected chi connectivity index (χ0v) is 15.2. The Bertz CT molecular complexity index is 295. The first kappa shape index (κ1) is 19.2. The Balaban J connectivity index is 2.09. The Morgan fingerprint density at radius 3 is 2.27 bits per heavy atom. The molecule has 0 saturated carbocycles. The highest BCUT2D eigenvalue weighted by atomic mass is 15.3. The van der Waals surface area contributed by atoms with Gasteiger partial charge >= 0.3 is 0 Å². The minimum absolute atomic E-state index is 0.609. The number of piperazine rings is 1. The van der Waals surface area contributed by atoms with E-state index in [4.69, 9.17) is 0 Å². The number of hydrogen-bond donors (Lipinski definition) is 2. The van der Waals surface area contributed by atoms with Gasteiger partial charge in [0.2, 0.25) is 0 Å². The maximum absolute atomic E-state index is 4.60. The van der Waals surface area contributed by atoms with E-state index < -0.39 is 0 Å². The SMILES string of the molecule is CCNC(=NCC(C)C)NCCCCN1CCN(CC)CC1. The third-order valence-electron chi connectivity index (χ3n) is 4.06. The average Bonchev–Trinajstić information content (AvgIpc) is 2.52. The highest BCUT2D eigenvalue weighted by Crippen LogP contribution is 2.02. The minimum atomic E-state index is 0.609. The van der Waals surface area contributed by atoms with Crippen LogP contribution in [0.2, 0.25) is 0 Å². The van der Waals surface area contributed by atoms with E-state index in [0.717, 1.165) is 25.6 Å². The number of aliphatic imine (C=N–C) groups is 1. The third kappa shape index (κ3) is 8.59. The van der Waals surface area contributed by atoms with Crippen molar-refractivity contribution in [3.05, 3.63) is 0 Å². The van der Waals surface area contributed by atoms with Crippen LogP contribution in [0.15, 0.2) is 4.99 Å². The van der Waals surface area contributed by atoms with Gasteiger partial charge in [0.1, 0.15) is 0 Å². The summed E-state index contributed by atoms with van der Waals surface area (Å²) in [5, 5.41) is 6.75. The number of nitrogens with zero attached hydrogens (tertiary/aromatic N) is 3. The van der Waals surface area contributed by atoms with E-state index in [-0.39, 0.29) is 0 Å². The molecule has 0 aromatic heterocycles. The molecule has 22 heavy (non-hydrogen) atoms. The van der Waals surface area contributed by atoms with Crippen molar-refractivity contribution >= 4 is 5.96 Å². The van der Waals surface area contributed by atoms with Crippen LogP contribution >= 0.6 is 0 Å². The summed E-state index contributed by atoms with van der Waals surface area (Å²) in [5.41, 5.74) is 0. The lowest BCUT2D eigenvalue weighted by Crippen LogP contribution is -2.46. The monoisotopic (exact) mass is 311 g/mol. The van der Waals surface area contributed by atoms with Gasteiger partial charge in [-0.15, -0.1) is 0 Å². The number of hydrogen-bond acceptors (Lipinski definition) is 3. The van der Waals surface area contributed by atoms with E-state index in [0.29, 0.717) is 5.92 Å². The molecule has 1 aliphatic rings. The summed E-state index contributed by atoms with van der Waals surface area (Å²) in [6, 6.07) is 0. The van der Waals surface area contributed by atoms with Crippen LogP contribution in [0, 0.1) is 5.92 Å². The van der Waals surface area contributed by atoms with Crippen LogP contribution in [0.3, 0.4) is 0 Å². The molecule has 0 unspecified atom stereocenters. The Morgan fingerprint density at radius 2 is 1.68 bits per heavy atom. The normalized spacial score (nSPS) is 18.0. The van der Waals surface area contributed by atoms with Crippen LogP contribution in [0.1, 0.15) is 40.5 Å². The van der Waals surface area contributed by atoms with Gasteiger partial charge in [0.15, 0.2) is 5.96 Å². The second kappa shape index (κ2) is 11.7. The summed E-state index contributed by atoms with van der Waals surface area (Å²) in [6.07, 6.45) is 2.47. The molecular weight excluding hydrogens is 274 g/mol. The van der Waals surface area contributed by atoms with Gasteiger partial charge < -0.3 is 20.4 Å². The molecule has 0 aromatic carbocycles. The van der Waals surface area contributed by atoms with E-state index in [1.165, 1.54) is 52.1 Å². The molecule has 0 aromatic rings. The summed E-state index contributed by atoms with van der Waals surface area (Å²) in [4.78, 5) is 9.73. The van der Waals surface area contributed by atoms with Gasteiger partial charge in [-0.1, -0.05) is 20.8 Å². The molecule has 5 nitrogen and oxygen atoms in total. The number of likely N-dealkylation sites (N-methyl/N-ethyl adjacent to an activating group) is 1. The van der Waals surface area contributed by atoms with Crippen LogP contribution in [0.4, 0.5) is 0 Å². The second-order valence-electron chi connectivity index (χ2n) is 6.52. The van der Waals surface area contributed by atoms with Crippen molar-refractivity contribution in [2.75, 3.05) is 58.9 Å². The van der Waals surface area contributed by atoms with Crippen molar-refractivity contribution < 1.29 is 0 Å². The van der Waals surface area contributed by atoms with Crippen molar-refractivity contribution in [3.63, 3.8) is 0 Å². The molecule has 0 atom stereocenters. The number of rotatable bonds is 9. The van der Waals surface area contributed by atoms with Gasteiger partial charge in [0.05, 0.1) is 0 Å². The van der Waals surface area contributed by atoms with E-state index >= 15 is 0 Å². The van der Waals surface area contributed by atoms with Gasteiger partial charge in [-0.25, -0.2) is 0 Å². The maximum atomic E-state index is 4.60. The average molecular weight is 312 g/mol. The fourth-order valence-electron chi connectivity index (χ4n) is 2.61. The molecule has 0 bridgehead atoms. The fraction of sp³-hybridized carbons (Fsp3) is 0.941. The van der Waals surface area contributed by atoms with Crippen molar-refractivity contribution in [1.29, 1.82) is 0 Å². The lowest BCUT2D eigenvalue weighted by atomic mass is 10.2. The second-order valence-corrected chi connectivity index (χ2v) is 6.52. The van der Waals surface area contributed by atoms with E-state index in [1.807, 2.05) is 0 Å². The Morgan fingerprint density at radius 1 is 1.00 bits per heavy atom. The van der Waals surface area contributed by atoms with Gasteiger partial charge in [-0.3, -0.25) is 4.99 Å². The highest BCUT2D eigenvalue weighted by Gasteiger charge is 2.14. The molecule has 0 aliphatic carbocycles. The van der Waals surface area contributed by atoms with E-state index in [1.54, 1.807) is 0 Å². The highest BCUT2D eigenvalue weighted by molar-refractivity contribution is 5.79. The molecule has 5 heteroatoms. The van der Waals surface area contributed by atoms with Crippen LogP contribution in [-0.4, -0.2) is 74.7 Å². The molecule has 130 valence electrons. The summed E-state index contributed by atoms with van der Waals surface area (Å²) in [5.74, 6) is 1.57. The predicted octanol–water partition coefficient (Wildman–Crippen LogP) is 1.62. The maximum Gasteiger partial charge on any atom is 0.191 e. The minimum Gasteiger partial charge on any atom is -0.357 e. The van der Waals surface area contributed by atoms with Gasteiger partial charge in [0.25, 0.3) is 0 Å². The van der Waals surface area contributed by atoms with E-state index in [9.17, 15) is 0 Å². The smallest absolute Gasteiger partial charge is 0.191 e. The Kier molecular flexibility index (Phi) is 10.2. The molecule has 1 aliphatic heterocycles. The van der Waals surface area contributed by atoms with E-state index in [2.05, 4.69) is 53.1 Å². The molecule has 0 spiro atoms. The fourth-order valence-corrected chi connectivity index (χ4v) is 2.61. The van der Waals surface area contributed by atoms with Crippen molar-refractivity contribution in [2.45, 2.75) is 40.5 Å². The number of guanidine groups is 1. The summed E-state index contributed by atoms with van der Waals surface area (Å²) in [7, 11) is 0. The number of nitrogens with one attached hydrogen (secondary N) is 2. The third-order valence-corrected chi connectivity index (χ3v) is 4.06. The summed E-state index contributed by atoms with van der Waals surface area (Å²) in [6.45, 7) is 19.0. The van der Waals surface area contributed by atoms with Crippen LogP contribution in [0.25, 0.3) is 0 Å². The number of unbranched alkanes of at least 4 members (excludes halogenated alkanes) is 1. The van der Waals surface area contributed by atoms with Crippen LogP contribution in [0.5, 0.6) is 0 Å². The molecule has 2 N–H and O–H groups in total. The van der Waals surface area contributed by atoms with Crippen molar-refractivity contribution in [3.8, 4) is 0 Å². The van der Waals surface area contributed by atoms with Gasteiger partial charge in [-0.05, 0) is 38.8 Å². The zero-order valence-electron chi connectivity index (χ0n) is 15.2. The molecular formula is C17H37N5. The van der Waals surface area contributed by atoms with Crippen LogP contribution in [-0.2, 0) is 0 Å². The first-order valence-electron chi connectivity index (χ1n) is 9.12. The summed E-state index contributed by atoms with van der Waals surface area (Å²) < 4.78 is 0. The molecule has 1 fully saturated rings. The summed E-state index contributed by atoms with van der Waals surface area (Å²) >= 11 is 0. The topological polar surface area (TPSA) is 42.9 Å². The Labute approximate surface area is 137 Å². The largest absolute Gasteiger partial charge is 0.357 e. The molecule has 1 saturated heterocycles. The standard InChI is InChI=1S/C17H37N5/c1-5-18-17(20-15-16(3)4)19-9-7-8-10-22-13-11-21(6-2)12-14-22/h16H,5-15H2,1-4H3,(H2,18,19,20). The van der Waals surface area contributed by atoms with Crippen LogP contribution < -0.4 is 10.6 Å².